The van der Waals surface area contributed by atoms with E-state index >= 15 is 0 Å². The molecule has 0 aromatic heterocycles. The van der Waals surface area contributed by atoms with Crippen molar-refractivity contribution in [2.75, 3.05) is 37.1 Å². The topological polar surface area (TPSA) is 88.4 Å². The summed E-state index contributed by atoms with van der Waals surface area (Å²) in [6.45, 7) is 2.64. The number of halogens is 3. The van der Waals surface area contributed by atoms with E-state index in [1.54, 1.807) is 35.3 Å². The fourth-order valence-corrected chi connectivity index (χ4v) is 8.85. The van der Waals surface area contributed by atoms with Gasteiger partial charge in [-0.15, -0.1) is 35.3 Å². The van der Waals surface area contributed by atoms with Gasteiger partial charge in [0.2, 0.25) is 0 Å². The van der Waals surface area contributed by atoms with Crippen molar-refractivity contribution >= 4 is 70.1 Å². The van der Waals surface area contributed by atoms with Gasteiger partial charge in [-0.05, 0) is 133 Å². The average molecular weight is 908 g/mol. The van der Waals surface area contributed by atoms with Crippen molar-refractivity contribution in [1.29, 1.82) is 0 Å². The van der Waals surface area contributed by atoms with E-state index in [1.807, 2.05) is 146 Å². The molecule has 0 bridgehead atoms. The maximum Gasteiger partial charge on any atom is 0.119 e. The Morgan fingerprint density at radius 3 is 0.881 bits per heavy atom. The summed E-state index contributed by atoms with van der Waals surface area (Å²) in [5, 5.41) is 33.9. The second kappa shape index (κ2) is 22.4. The Hall–Kier alpha value is -3.48. The molecule has 0 amide bonds. The molecule has 6 aromatic carbocycles. The van der Waals surface area contributed by atoms with Crippen molar-refractivity contribution in [2.24, 2.45) is 0 Å². The van der Waals surface area contributed by atoms with Gasteiger partial charge in [0.05, 0.1) is 18.3 Å². The van der Waals surface area contributed by atoms with Crippen molar-refractivity contribution < 1.29 is 29.5 Å². The molecular weight excluding hydrogens is 863 g/mol. The third-order valence-electron chi connectivity index (χ3n) is 9.39. The van der Waals surface area contributed by atoms with Gasteiger partial charge < -0.3 is 29.5 Å². The molecule has 3 unspecified atom stereocenters. The molecule has 0 spiro atoms. The van der Waals surface area contributed by atoms with Gasteiger partial charge in [-0.25, -0.2) is 0 Å². The van der Waals surface area contributed by atoms with Crippen LogP contribution >= 0.6 is 70.1 Å². The first-order valence-electron chi connectivity index (χ1n) is 18.9. The van der Waals surface area contributed by atoms with E-state index in [4.69, 9.17) is 49.0 Å². The molecule has 0 saturated heterocycles. The summed E-state index contributed by atoms with van der Waals surface area (Å²) in [5.74, 6) is 3.42. The van der Waals surface area contributed by atoms with E-state index in [-0.39, 0.29) is 19.8 Å². The Morgan fingerprint density at radius 1 is 0.407 bits per heavy atom. The quantitative estimate of drug-likeness (QED) is 0.0483. The minimum absolute atomic E-state index is 0.156. The molecule has 0 aliphatic rings. The highest BCUT2D eigenvalue weighted by atomic mass is 35.5. The lowest BCUT2D eigenvalue weighted by Crippen LogP contribution is -2.25. The maximum atomic E-state index is 10.6. The van der Waals surface area contributed by atoms with Crippen LogP contribution in [0.3, 0.4) is 0 Å². The van der Waals surface area contributed by atoms with Crippen LogP contribution in [0.2, 0.25) is 15.1 Å². The molecule has 0 aliphatic carbocycles. The van der Waals surface area contributed by atoms with Crippen LogP contribution in [0.1, 0.15) is 23.6 Å². The number of rotatable bonds is 21. The Bertz CT molecular complexity index is 1910. The van der Waals surface area contributed by atoms with Crippen molar-refractivity contribution in [1.82, 2.24) is 0 Å². The van der Waals surface area contributed by atoms with Gasteiger partial charge in [0.1, 0.15) is 37.1 Å². The Morgan fingerprint density at radius 2 is 0.644 bits per heavy atom. The molecular formula is C47H45Cl3O6S3. The fraction of sp³-hybridized carbons (Fsp3) is 0.234. The van der Waals surface area contributed by atoms with Crippen LogP contribution in [0.15, 0.2) is 160 Å². The third-order valence-corrected chi connectivity index (χ3v) is 13.6. The summed E-state index contributed by atoms with van der Waals surface area (Å²) in [6, 6.07) is 46.4. The van der Waals surface area contributed by atoms with Crippen LogP contribution in [0, 0.1) is 0 Å². The summed E-state index contributed by atoms with van der Waals surface area (Å²) in [4.78, 5) is 3.08. The predicted molar refractivity (Wildman–Crippen MR) is 246 cm³/mol. The van der Waals surface area contributed by atoms with Gasteiger partial charge >= 0.3 is 0 Å². The summed E-state index contributed by atoms with van der Waals surface area (Å²) in [5.41, 5.74) is 2.47. The number of benzene rings is 6. The normalized spacial score (nSPS) is 13.9. The van der Waals surface area contributed by atoms with Crippen molar-refractivity contribution in [3.05, 3.63) is 177 Å². The second-order valence-corrected chi connectivity index (χ2v) is 18.5. The van der Waals surface area contributed by atoms with E-state index in [2.05, 4.69) is 6.92 Å². The fourth-order valence-electron chi connectivity index (χ4n) is 6.04. The summed E-state index contributed by atoms with van der Waals surface area (Å²) in [6.07, 6.45) is -1.98. The van der Waals surface area contributed by atoms with E-state index < -0.39 is 23.7 Å². The zero-order valence-corrected chi connectivity index (χ0v) is 37.0. The van der Waals surface area contributed by atoms with Crippen LogP contribution < -0.4 is 14.2 Å². The first kappa shape index (κ1) is 45.1. The smallest absolute Gasteiger partial charge is 0.119 e. The molecule has 12 heteroatoms. The molecule has 0 heterocycles. The van der Waals surface area contributed by atoms with Gasteiger partial charge in [0.15, 0.2) is 0 Å². The monoisotopic (exact) mass is 906 g/mol. The highest BCUT2D eigenvalue weighted by Crippen LogP contribution is 2.41. The minimum atomic E-state index is -0.659. The molecule has 6 nitrogen and oxygen atoms in total. The van der Waals surface area contributed by atoms with Crippen molar-refractivity contribution in [3.8, 4) is 17.2 Å². The first-order valence-corrected chi connectivity index (χ1v) is 23.0. The predicted octanol–water partition coefficient (Wildman–Crippen LogP) is 11.6. The number of aliphatic hydroxyl groups excluding tert-OH is 3. The number of ether oxygens (including phenoxy) is 3. The van der Waals surface area contributed by atoms with E-state index in [0.29, 0.717) is 49.6 Å². The molecule has 0 radical (unpaired) electrons. The van der Waals surface area contributed by atoms with Gasteiger partial charge in [0.25, 0.3) is 0 Å². The van der Waals surface area contributed by atoms with Gasteiger partial charge in [-0.1, -0.05) is 71.2 Å². The van der Waals surface area contributed by atoms with Crippen molar-refractivity contribution in [3.63, 3.8) is 0 Å². The summed E-state index contributed by atoms with van der Waals surface area (Å²) < 4.78 is 18.0. The zero-order valence-electron chi connectivity index (χ0n) is 32.3. The van der Waals surface area contributed by atoms with Crippen LogP contribution in [-0.2, 0) is 5.41 Å². The maximum absolute atomic E-state index is 10.6. The molecule has 6 rings (SSSR count). The Labute approximate surface area is 374 Å². The second-order valence-electron chi connectivity index (χ2n) is 13.9. The van der Waals surface area contributed by atoms with Gasteiger partial charge in [-0.3, -0.25) is 0 Å². The molecule has 6 aromatic rings. The lowest BCUT2D eigenvalue weighted by molar-refractivity contribution is 0.126. The van der Waals surface area contributed by atoms with E-state index in [1.165, 1.54) is 0 Å². The number of hydrogen-bond acceptors (Lipinski definition) is 9. The first-order chi connectivity index (χ1) is 28.5. The number of thioether (sulfide) groups is 3. The van der Waals surface area contributed by atoms with E-state index in [0.717, 1.165) is 31.4 Å². The summed E-state index contributed by atoms with van der Waals surface area (Å²) >= 11 is 22.6. The van der Waals surface area contributed by atoms with Crippen LogP contribution in [0.25, 0.3) is 0 Å². The van der Waals surface area contributed by atoms with Crippen LogP contribution in [0.4, 0.5) is 0 Å². The van der Waals surface area contributed by atoms with Crippen LogP contribution in [0.5, 0.6) is 17.2 Å². The Kier molecular flexibility index (Phi) is 17.1. The lowest BCUT2D eigenvalue weighted by atomic mass is 9.71. The molecule has 0 fully saturated rings. The average Bonchev–Trinajstić information content (AvgIpc) is 3.26. The molecule has 3 atom stereocenters. The SMILES string of the molecule is CC(c1ccc(OCC(O)CSc2ccc(Cl)cc2)cc1)(c1ccc(OCC(O)CSc2ccc(Cl)cc2)cc1)c1ccc(OCC(O)CSc2ccc(Cl)cc2)cc1. The Balaban J connectivity index is 1.11. The molecule has 0 saturated carbocycles. The van der Waals surface area contributed by atoms with Gasteiger partial charge in [0, 0.05) is 52.4 Å². The molecule has 3 N–H and O–H groups in total. The minimum Gasteiger partial charge on any atom is -0.491 e. The lowest BCUT2D eigenvalue weighted by Gasteiger charge is -2.32. The highest BCUT2D eigenvalue weighted by molar-refractivity contribution is 7.99. The third kappa shape index (κ3) is 13.8. The van der Waals surface area contributed by atoms with Crippen molar-refractivity contribution in [2.45, 2.75) is 45.3 Å². The molecule has 308 valence electrons. The number of aliphatic hydroxyl groups is 3. The zero-order chi connectivity index (χ0) is 41.6. The van der Waals surface area contributed by atoms with Crippen LogP contribution in [-0.4, -0.2) is 70.7 Å². The molecule has 0 aliphatic heterocycles. The summed E-state index contributed by atoms with van der Waals surface area (Å²) in [7, 11) is 0. The largest absolute Gasteiger partial charge is 0.491 e. The highest BCUT2D eigenvalue weighted by Gasteiger charge is 2.31. The van der Waals surface area contributed by atoms with E-state index in [9.17, 15) is 15.3 Å². The van der Waals surface area contributed by atoms with Gasteiger partial charge in [-0.2, -0.15) is 0 Å². The standard InChI is InChI=1S/C47H45Cl3O6S3/c1-47(32-2-14-41(15-3-32)54-26-38(51)29-57-44-20-8-35(48)9-21-44,33-4-16-42(17-5-33)55-27-39(52)30-58-45-22-10-36(49)11-23-45)34-6-18-43(19-7-34)56-28-40(53)31-59-46-24-12-37(50)13-25-46/h2-25,38-40,51-53H,26-31H2,1H3. The molecule has 59 heavy (non-hydrogen) atoms. The number of hydrogen-bond donors (Lipinski definition) is 3.